The van der Waals surface area contributed by atoms with Gasteiger partial charge < -0.3 is 14.5 Å². The number of ether oxygens (including phenoxy) is 1. The van der Waals surface area contributed by atoms with Crippen LogP contribution in [0.1, 0.15) is 54.0 Å². The molecule has 15 heteroatoms. The molecule has 2 aliphatic rings. The van der Waals surface area contributed by atoms with Crippen LogP contribution in [-0.4, -0.2) is 70.8 Å². The van der Waals surface area contributed by atoms with Gasteiger partial charge >= 0.3 is 18.4 Å². The summed E-state index contributed by atoms with van der Waals surface area (Å²) in [6.45, 7) is 3.04. The number of rotatable bonds is 6. The van der Waals surface area contributed by atoms with Crippen molar-refractivity contribution >= 4 is 23.8 Å². The van der Waals surface area contributed by atoms with Gasteiger partial charge in [0.1, 0.15) is 12.4 Å². The molecule has 0 spiro atoms. The highest BCUT2D eigenvalue weighted by atomic mass is 19.4. The summed E-state index contributed by atoms with van der Waals surface area (Å²) < 4.78 is 99.3. The third-order valence-corrected chi connectivity index (χ3v) is 7.97. The number of benzene rings is 2. The van der Waals surface area contributed by atoms with Gasteiger partial charge in [-0.15, -0.1) is 0 Å². The lowest BCUT2D eigenvalue weighted by atomic mass is 9.78. The molecule has 2 aromatic rings. The van der Waals surface area contributed by atoms with Crippen LogP contribution in [0.15, 0.2) is 36.4 Å². The van der Waals surface area contributed by atoms with Gasteiger partial charge in [-0.3, -0.25) is 14.4 Å². The number of piperidine rings is 1. The molecule has 2 atom stereocenters. The maximum Gasteiger partial charge on any atom is 0.418 e. The Kier molecular flexibility index (Phi) is 8.97. The van der Waals surface area contributed by atoms with Crippen LogP contribution in [0.2, 0.25) is 0 Å². The number of cyclic esters (lactones) is 1. The zero-order chi connectivity index (χ0) is 33.6. The predicted octanol–water partition coefficient (Wildman–Crippen LogP) is 5.52. The lowest BCUT2D eigenvalue weighted by Gasteiger charge is -2.40. The van der Waals surface area contributed by atoms with Crippen LogP contribution in [-0.2, 0) is 38.0 Å². The van der Waals surface area contributed by atoms with Crippen molar-refractivity contribution in [3.05, 3.63) is 70.0 Å². The van der Waals surface area contributed by atoms with E-state index in [1.54, 1.807) is 6.92 Å². The molecule has 2 aromatic carbocycles. The number of carbonyl (C=O) groups is 4. The molecule has 0 saturated carbocycles. The van der Waals surface area contributed by atoms with Gasteiger partial charge in [0, 0.05) is 38.5 Å². The first-order chi connectivity index (χ1) is 20.7. The van der Waals surface area contributed by atoms with Gasteiger partial charge in [-0.2, -0.15) is 26.3 Å². The molecule has 4 rings (SSSR count). The first-order valence-electron chi connectivity index (χ1n) is 13.8. The highest BCUT2D eigenvalue weighted by Crippen LogP contribution is 2.38. The fourth-order valence-corrected chi connectivity index (χ4v) is 5.69. The third kappa shape index (κ3) is 7.22. The molecule has 0 aromatic heterocycles. The number of halogens is 7. The molecule has 2 fully saturated rings. The van der Waals surface area contributed by atoms with Crippen molar-refractivity contribution in [3.63, 3.8) is 0 Å². The maximum atomic E-state index is 14.0. The normalized spacial score (nSPS) is 20.3. The fourth-order valence-electron chi connectivity index (χ4n) is 5.69. The highest BCUT2D eigenvalue weighted by molar-refractivity contribution is 6.04. The van der Waals surface area contributed by atoms with Crippen LogP contribution in [0, 0.1) is 18.7 Å². The largest absolute Gasteiger partial charge is 0.433 e. The molecule has 0 N–H and O–H groups in total. The minimum atomic E-state index is -5.06. The highest BCUT2D eigenvalue weighted by Gasteiger charge is 2.48. The lowest BCUT2D eigenvalue weighted by molar-refractivity contribution is -0.143. The van der Waals surface area contributed by atoms with Crippen LogP contribution in [0.5, 0.6) is 0 Å². The second kappa shape index (κ2) is 12.0. The van der Waals surface area contributed by atoms with Gasteiger partial charge in [0.2, 0.25) is 11.8 Å². The monoisotopic (exact) mass is 645 g/mol. The average molecular weight is 646 g/mol. The Balaban J connectivity index is 1.59. The van der Waals surface area contributed by atoms with Crippen molar-refractivity contribution in [3.8, 4) is 0 Å². The second-order valence-electron chi connectivity index (χ2n) is 11.7. The van der Waals surface area contributed by atoms with E-state index >= 15 is 0 Å². The molecule has 2 unspecified atom stereocenters. The SMILES string of the molecule is Cc1cc(F)ccc1C1CN(C(=O)CN2C(=O)OC(C)(C)C2=O)CCC1C(=O)N(C)Cc1cc(C(F)(F)F)cc(C(F)(F)F)c1. The van der Waals surface area contributed by atoms with Crippen molar-refractivity contribution < 1.29 is 54.6 Å². The van der Waals surface area contributed by atoms with Crippen molar-refractivity contribution in [2.24, 2.45) is 5.92 Å². The Bertz CT molecular complexity index is 1490. The summed E-state index contributed by atoms with van der Waals surface area (Å²) in [6, 6.07) is 4.93. The van der Waals surface area contributed by atoms with E-state index in [0.29, 0.717) is 28.2 Å². The first-order valence-corrected chi connectivity index (χ1v) is 13.8. The molecule has 8 nitrogen and oxygen atoms in total. The summed E-state index contributed by atoms with van der Waals surface area (Å²) in [4.78, 5) is 54.7. The fraction of sp³-hybridized carbons (Fsp3) is 0.467. The Hall–Kier alpha value is -4.17. The summed E-state index contributed by atoms with van der Waals surface area (Å²) in [7, 11) is 1.24. The number of nitrogens with zero attached hydrogens (tertiary/aromatic N) is 3. The van der Waals surface area contributed by atoms with Crippen LogP contribution in [0.3, 0.4) is 0 Å². The quantitative estimate of drug-likeness (QED) is 0.387. The van der Waals surface area contributed by atoms with Crippen molar-refractivity contribution in [1.82, 2.24) is 14.7 Å². The van der Waals surface area contributed by atoms with Gasteiger partial charge in [0.25, 0.3) is 5.91 Å². The first kappa shape index (κ1) is 33.7. The molecule has 0 radical (unpaired) electrons. The van der Waals surface area contributed by atoms with Crippen molar-refractivity contribution in [1.29, 1.82) is 0 Å². The number of hydrogen-bond acceptors (Lipinski definition) is 5. The number of carbonyl (C=O) groups excluding carboxylic acids is 4. The molecule has 0 aliphatic carbocycles. The van der Waals surface area contributed by atoms with E-state index in [-0.39, 0.29) is 31.1 Å². The van der Waals surface area contributed by atoms with E-state index in [4.69, 9.17) is 4.74 Å². The molecule has 45 heavy (non-hydrogen) atoms. The number of amides is 4. The molecule has 2 heterocycles. The van der Waals surface area contributed by atoms with E-state index in [0.717, 1.165) is 11.0 Å². The zero-order valence-corrected chi connectivity index (χ0v) is 24.7. The second-order valence-corrected chi connectivity index (χ2v) is 11.7. The van der Waals surface area contributed by atoms with Gasteiger partial charge in [-0.05, 0) is 74.2 Å². The van der Waals surface area contributed by atoms with Gasteiger partial charge in [0.15, 0.2) is 5.60 Å². The Morgan fingerprint density at radius 1 is 1.00 bits per heavy atom. The molecule has 244 valence electrons. The summed E-state index contributed by atoms with van der Waals surface area (Å²) in [6.07, 6.45) is -11.1. The van der Waals surface area contributed by atoms with Crippen molar-refractivity contribution in [2.75, 3.05) is 26.7 Å². The van der Waals surface area contributed by atoms with E-state index in [1.165, 1.54) is 37.9 Å². The predicted molar refractivity (Wildman–Crippen MR) is 144 cm³/mol. The van der Waals surface area contributed by atoms with Crippen LogP contribution in [0.25, 0.3) is 0 Å². The number of alkyl halides is 6. The summed E-state index contributed by atoms with van der Waals surface area (Å²) in [5, 5.41) is 0. The Morgan fingerprint density at radius 2 is 1.60 bits per heavy atom. The molecule has 4 amide bonds. The number of aryl methyl sites for hydroxylation is 1. The Labute approximate surface area is 253 Å². The van der Waals surface area contributed by atoms with Gasteiger partial charge in [-0.25, -0.2) is 14.1 Å². The number of imide groups is 1. The minimum absolute atomic E-state index is 0.00177. The molecular formula is C30H30F7N3O5. The van der Waals surface area contributed by atoms with E-state index in [9.17, 15) is 49.9 Å². The number of likely N-dealkylation sites (tertiary alicyclic amines) is 1. The van der Waals surface area contributed by atoms with Crippen LogP contribution >= 0.6 is 0 Å². The molecular weight excluding hydrogens is 615 g/mol. The summed E-state index contributed by atoms with van der Waals surface area (Å²) in [5.41, 5.74) is -3.91. The molecule has 2 saturated heterocycles. The van der Waals surface area contributed by atoms with Gasteiger partial charge in [-0.1, -0.05) is 6.07 Å². The Morgan fingerprint density at radius 3 is 2.11 bits per heavy atom. The standard InChI is InChI=1S/C30H30F7N3O5/c1-16-9-20(31)5-6-21(16)23-14-39(24(41)15-40-26(43)28(2,3)45-27(40)44)8-7-22(23)25(42)38(4)13-17-10-18(29(32,33)34)12-19(11-17)30(35,36)37/h5-6,9-12,22-23H,7-8,13-15H2,1-4H3. The third-order valence-electron chi connectivity index (χ3n) is 7.97. The average Bonchev–Trinajstić information content (AvgIpc) is 3.12. The lowest BCUT2D eigenvalue weighted by Crippen LogP contribution is -2.51. The zero-order valence-electron chi connectivity index (χ0n) is 24.7. The van der Waals surface area contributed by atoms with E-state index in [2.05, 4.69) is 0 Å². The molecule has 2 aliphatic heterocycles. The van der Waals surface area contributed by atoms with E-state index in [1.807, 2.05) is 0 Å². The maximum absolute atomic E-state index is 14.0. The topological polar surface area (TPSA) is 87.2 Å². The van der Waals surface area contributed by atoms with Crippen LogP contribution in [0.4, 0.5) is 35.5 Å². The number of hydrogen-bond donors (Lipinski definition) is 0. The smallest absolute Gasteiger partial charge is 0.418 e. The van der Waals surface area contributed by atoms with Crippen molar-refractivity contribution in [2.45, 2.75) is 57.6 Å². The minimum Gasteiger partial charge on any atom is -0.433 e. The molecule has 0 bridgehead atoms. The summed E-state index contributed by atoms with van der Waals surface area (Å²) >= 11 is 0. The summed E-state index contributed by atoms with van der Waals surface area (Å²) in [5.74, 6) is -4.15. The van der Waals surface area contributed by atoms with Gasteiger partial charge in [0.05, 0.1) is 11.1 Å². The van der Waals surface area contributed by atoms with E-state index < -0.39 is 83.6 Å². The van der Waals surface area contributed by atoms with Crippen LogP contribution < -0.4 is 0 Å².